The van der Waals surface area contributed by atoms with E-state index in [2.05, 4.69) is 49.4 Å². The monoisotopic (exact) mass is 458 g/mol. The molecule has 0 bridgehead atoms. The van der Waals surface area contributed by atoms with Gasteiger partial charge in [0.25, 0.3) is 0 Å². The van der Waals surface area contributed by atoms with Crippen LogP contribution in [-0.2, 0) is 17.7 Å². The lowest BCUT2D eigenvalue weighted by Gasteiger charge is -2.35. The van der Waals surface area contributed by atoms with Crippen LogP contribution in [0.1, 0.15) is 27.9 Å². The molecular weight excluding hydrogens is 428 g/mol. The molecule has 1 aliphatic heterocycles. The molecule has 0 radical (unpaired) electrons. The maximum absolute atomic E-state index is 12.0. The summed E-state index contributed by atoms with van der Waals surface area (Å²) in [7, 11) is 1.43. The first-order valence-corrected chi connectivity index (χ1v) is 11.8. The minimum atomic E-state index is -0.264. The van der Waals surface area contributed by atoms with Crippen LogP contribution in [0.4, 0.5) is 0 Å². The van der Waals surface area contributed by atoms with Gasteiger partial charge in [0.1, 0.15) is 12.7 Å². The van der Waals surface area contributed by atoms with Crippen LogP contribution >= 0.6 is 0 Å². The van der Waals surface area contributed by atoms with E-state index in [1.807, 2.05) is 28.8 Å². The van der Waals surface area contributed by atoms with E-state index in [9.17, 15) is 4.79 Å². The molecule has 5 rings (SSSR count). The lowest BCUT2D eigenvalue weighted by atomic mass is 10.1. The number of hydrogen-bond donors (Lipinski definition) is 1. The number of methoxy groups -OCH3 is 1. The highest BCUT2D eigenvalue weighted by atomic mass is 16.5. The van der Waals surface area contributed by atoms with Crippen LogP contribution in [0.2, 0.25) is 0 Å². The number of rotatable bonds is 8. The molecule has 4 aromatic rings. The number of aromatic nitrogens is 4. The molecule has 176 valence electrons. The van der Waals surface area contributed by atoms with Crippen LogP contribution in [0.15, 0.2) is 61.3 Å². The number of carbonyl (C=O) groups excluding carboxylic acids is 1. The zero-order valence-corrected chi connectivity index (χ0v) is 19.5. The van der Waals surface area contributed by atoms with Crippen molar-refractivity contribution in [1.82, 2.24) is 29.5 Å². The molecule has 1 saturated heterocycles. The van der Waals surface area contributed by atoms with Gasteiger partial charge in [0, 0.05) is 55.5 Å². The lowest BCUT2D eigenvalue weighted by molar-refractivity contribution is 0.0597. The van der Waals surface area contributed by atoms with E-state index in [0.29, 0.717) is 5.56 Å². The lowest BCUT2D eigenvalue weighted by Crippen LogP contribution is -2.46. The van der Waals surface area contributed by atoms with Crippen molar-refractivity contribution >= 4 is 16.9 Å². The normalized spacial score (nSPS) is 15.1. The smallest absolute Gasteiger partial charge is 0.338 e. The maximum atomic E-state index is 12.0. The zero-order valence-electron chi connectivity index (χ0n) is 19.5. The van der Waals surface area contributed by atoms with E-state index in [4.69, 9.17) is 4.74 Å². The van der Waals surface area contributed by atoms with Crippen LogP contribution in [0.25, 0.3) is 16.6 Å². The summed E-state index contributed by atoms with van der Waals surface area (Å²) in [6.45, 7) is 5.97. The Morgan fingerprint density at radius 3 is 2.56 bits per heavy atom. The number of piperazine rings is 1. The molecular formula is C26H30N6O2. The third kappa shape index (κ3) is 4.88. The molecule has 0 amide bonds. The number of nitrogens with zero attached hydrogens (tertiary/aromatic N) is 5. The van der Waals surface area contributed by atoms with Crippen LogP contribution < -0.4 is 0 Å². The molecule has 1 N–H and O–H groups in total. The Balaban J connectivity index is 1.13. The van der Waals surface area contributed by atoms with Crippen molar-refractivity contribution in [2.24, 2.45) is 0 Å². The fourth-order valence-corrected chi connectivity index (χ4v) is 4.74. The van der Waals surface area contributed by atoms with Gasteiger partial charge in [0.05, 0.1) is 12.7 Å². The van der Waals surface area contributed by atoms with Crippen molar-refractivity contribution < 1.29 is 9.53 Å². The van der Waals surface area contributed by atoms with Gasteiger partial charge >= 0.3 is 5.97 Å². The highest BCUT2D eigenvalue weighted by Gasteiger charge is 2.19. The fraction of sp³-hybridized carbons (Fsp3) is 0.346. The number of carbonyl (C=O) groups is 1. The first-order chi connectivity index (χ1) is 16.7. The number of esters is 1. The molecule has 8 heteroatoms. The summed E-state index contributed by atoms with van der Waals surface area (Å²) in [5, 5.41) is 9.08. The van der Waals surface area contributed by atoms with E-state index < -0.39 is 0 Å². The van der Waals surface area contributed by atoms with Crippen molar-refractivity contribution in [3.63, 3.8) is 0 Å². The Morgan fingerprint density at radius 1 is 1.00 bits per heavy atom. The Kier molecular flexibility index (Phi) is 6.69. The largest absolute Gasteiger partial charge is 0.465 e. The maximum Gasteiger partial charge on any atom is 0.338 e. The van der Waals surface area contributed by atoms with Crippen LogP contribution in [0, 0.1) is 0 Å². The number of benzene rings is 2. The third-order valence-electron chi connectivity index (χ3n) is 6.67. The second-order valence-corrected chi connectivity index (χ2v) is 8.78. The molecule has 0 aliphatic carbocycles. The van der Waals surface area contributed by atoms with E-state index in [1.54, 1.807) is 12.7 Å². The van der Waals surface area contributed by atoms with Gasteiger partial charge in [-0.2, -0.15) is 0 Å². The number of aryl methyl sites for hydroxylation is 1. The van der Waals surface area contributed by atoms with Gasteiger partial charge in [-0.25, -0.2) is 4.79 Å². The molecule has 0 saturated carbocycles. The Labute approximate surface area is 199 Å². The topological polar surface area (TPSA) is 79.3 Å². The summed E-state index contributed by atoms with van der Waals surface area (Å²) in [6, 6.07) is 14.1. The molecule has 1 aliphatic rings. The minimum absolute atomic E-state index is 0.264. The fourth-order valence-electron chi connectivity index (χ4n) is 4.74. The van der Waals surface area contributed by atoms with Crippen molar-refractivity contribution in [3.8, 4) is 5.69 Å². The van der Waals surface area contributed by atoms with Gasteiger partial charge in [0.15, 0.2) is 0 Å². The van der Waals surface area contributed by atoms with Crippen molar-refractivity contribution in [2.75, 3.05) is 39.8 Å². The average Bonchev–Trinajstić information content (AvgIpc) is 3.55. The summed E-state index contributed by atoms with van der Waals surface area (Å²) in [5.74, 6) is -0.264. The van der Waals surface area contributed by atoms with Crippen LogP contribution in [0.3, 0.4) is 0 Å². The van der Waals surface area contributed by atoms with Gasteiger partial charge in [-0.3, -0.25) is 9.47 Å². The van der Waals surface area contributed by atoms with Gasteiger partial charge in [0.2, 0.25) is 0 Å². The summed E-state index contributed by atoms with van der Waals surface area (Å²) in [6.07, 6.45) is 7.74. The number of nitrogens with one attached hydrogen (secondary N) is 1. The molecule has 2 aromatic heterocycles. The second-order valence-electron chi connectivity index (χ2n) is 8.78. The third-order valence-corrected chi connectivity index (χ3v) is 6.67. The van der Waals surface area contributed by atoms with E-state index >= 15 is 0 Å². The highest BCUT2D eigenvalue weighted by molar-refractivity contribution is 5.91. The second kappa shape index (κ2) is 10.2. The molecule has 0 atom stereocenters. The number of H-pyrrole nitrogens is 1. The number of fused-ring (bicyclic) bond motifs is 1. The summed E-state index contributed by atoms with van der Waals surface area (Å²) >= 11 is 0. The number of aromatic amines is 1. The van der Waals surface area contributed by atoms with Gasteiger partial charge in [-0.1, -0.05) is 18.2 Å². The summed E-state index contributed by atoms with van der Waals surface area (Å²) in [5.41, 5.74) is 5.28. The Hall–Kier alpha value is -3.49. The van der Waals surface area contributed by atoms with Gasteiger partial charge in [-0.05, 0) is 54.8 Å². The molecule has 34 heavy (non-hydrogen) atoms. The van der Waals surface area contributed by atoms with Gasteiger partial charge in [-0.15, -0.1) is 10.2 Å². The first kappa shape index (κ1) is 22.3. The SMILES string of the molecule is COC(=O)c1ccccc1CN1CCN(CCCc2c[nH]c3ccc(-n4cnnc4)cc23)CC1. The first-order valence-electron chi connectivity index (χ1n) is 11.8. The van der Waals surface area contributed by atoms with E-state index in [1.165, 1.54) is 18.1 Å². The summed E-state index contributed by atoms with van der Waals surface area (Å²) in [4.78, 5) is 20.4. The zero-order chi connectivity index (χ0) is 23.3. The van der Waals surface area contributed by atoms with Crippen LogP contribution in [0.5, 0.6) is 0 Å². The molecule has 8 nitrogen and oxygen atoms in total. The molecule has 0 spiro atoms. The quantitative estimate of drug-likeness (QED) is 0.408. The predicted molar refractivity (Wildman–Crippen MR) is 131 cm³/mol. The highest BCUT2D eigenvalue weighted by Crippen LogP contribution is 2.23. The standard InChI is InChI=1S/C26H30N6O2/c1-34-26(33)23-7-3-2-5-21(23)17-31-13-11-30(12-14-31)10-4-6-20-16-27-25-9-8-22(15-24(20)25)32-18-28-29-19-32/h2-3,5,7-9,15-16,18-19,27H,4,6,10-14,17H2,1H3. The average molecular weight is 459 g/mol. The Morgan fingerprint density at radius 2 is 1.76 bits per heavy atom. The minimum Gasteiger partial charge on any atom is -0.465 e. The molecule has 2 aromatic carbocycles. The number of ether oxygens (including phenoxy) is 1. The van der Waals surface area contributed by atoms with E-state index in [-0.39, 0.29) is 5.97 Å². The Bertz CT molecular complexity index is 1240. The van der Waals surface area contributed by atoms with Crippen molar-refractivity contribution in [3.05, 3.63) is 78.0 Å². The van der Waals surface area contributed by atoms with Crippen molar-refractivity contribution in [2.45, 2.75) is 19.4 Å². The molecule has 3 heterocycles. The van der Waals surface area contributed by atoms with Gasteiger partial charge < -0.3 is 14.6 Å². The van der Waals surface area contributed by atoms with Crippen LogP contribution in [-0.4, -0.2) is 75.4 Å². The molecule has 1 fully saturated rings. The number of hydrogen-bond acceptors (Lipinski definition) is 6. The molecule has 0 unspecified atom stereocenters. The predicted octanol–water partition coefficient (Wildman–Crippen LogP) is 3.29. The van der Waals surface area contributed by atoms with E-state index in [0.717, 1.165) is 68.9 Å². The van der Waals surface area contributed by atoms with Crippen molar-refractivity contribution in [1.29, 1.82) is 0 Å². The summed E-state index contributed by atoms with van der Waals surface area (Å²) < 4.78 is 6.87.